The molecule has 5 aliphatic carbocycles. The van der Waals surface area contributed by atoms with Gasteiger partial charge in [0.1, 0.15) is 66.8 Å². The number of fused-ring (bicyclic) bond motifs is 15. The molecule has 12 rings (SSSR count). The van der Waals surface area contributed by atoms with E-state index in [0.717, 1.165) is 38.5 Å². The molecule has 668 valence electrons. The molecule has 6 aliphatic heterocycles. The lowest BCUT2D eigenvalue weighted by Gasteiger charge is -2.51. The summed E-state index contributed by atoms with van der Waals surface area (Å²) in [5, 5.41) is 139. The first kappa shape index (κ1) is 94.6. The Kier molecular flexibility index (Phi) is 33.4. The first-order chi connectivity index (χ1) is 55.8. The summed E-state index contributed by atoms with van der Waals surface area (Å²) in [6.07, 6.45) is -16.8. The Balaban J connectivity index is 1.10. The SMILES string of the molecule is CCCCCCCCCS(=O)(=O)NCCNCC1C(O)CC2C(C3C[C@H](CC[C@H]3O)[C@H]3NC(=O)[C@@H]4NC(=O)[C@H](CC(N)=O)NC(=O)[C@H](NC(=O)[C@@H](CC(C)C)NC)[C@H](O)[C@H]5CC[C@@H](Oc6cc4cc(c6O[C@@H]4C[C@H](CO)[C@@H](O)[C@H](O)[C@H]4O[C@H]4C[C@](C)(N)[C@H](O)[C@H](C)O4)O[C@@H]4CC[C@@H](CC4Cl)[C@@H](O)[C@H](NC3=O)C(=O)N[C@@H]2C(=O)O)[C@H](Cl)C5)[C@H]1O. The van der Waals surface area contributed by atoms with Crippen molar-refractivity contribution in [2.24, 2.45) is 64.7 Å². The van der Waals surface area contributed by atoms with Crippen LogP contribution in [-0.2, 0) is 57.9 Å². The number of hydrogen-bond donors (Lipinski definition) is 21. The summed E-state index contributed by atoms with van der Waals surface area (Å²) in [6.45, 7) is 8.02. The number of sulfonamides is 1. The first-order valence-electron chi connectivity index (χ1n) is 42.1. The fraction of sp³-hybridized carbons (Fsp3) is 0.823. The Hall–Kier alpha value is -5.69. The molecule has 2 saturated heterocycles. The number of benzene rings is 1. The van der Waals surface area contributed by atoms with Crippen LogP contribution in [0.4, 0.5) is 0 Å². The van der Waals surface area contributed by atoms with Crippen LogP contribution in [0.3, 0.4) is 0 Å². The quantitative estimate of drug-likeness (QED) is 0.0335. The summed E-state index contributed by atoms with van der Waals surface area (Å²) in [4.78, 5) is 120. The summed E-state index contributed by atoms with van der Waals surface area (Å²) in [5.74, 6) is -20.2. The smallest absolute Gasteiger partial charge is 0.326 e. The highest BCUT2D eigenvalue weighted by Crippen LogP contribution is 2.51. The number of ether oxygens (including phenoxy) is 5. The van der Waals surface area contributed by atoms with Crippen molar-refractivity contribution < 1.29 is 122 Å². The van der Waals surface area contributed by atoms with E-state index in [-0.39, 0.29) is 131 Å². The van der Waals surface area contributed by atoms with Crippen LogP contribution in [0.25, 0.3) is 0 Å². The van der Waals surface area contributed by atoms with Gasteiger partial charge < -0.3 is 129 Å². The van der Waals surface area contributed by atoms with E-state index in [2.05, 4.69) is 54.2 Å². The van der Waals surface area contributed by atoms with Crippen molar-refractivity contribution >= 4 is 80.5 Å². The molecule has 118 heavy (non-hydrogen) atoms. The lowest BCUT2D eigenvalue weighted by molar-refractivity contribution is -0.286. The maximum Gasteiger partial charge on any atom is 0.326 e. The second-order valence-corrected chi connectivity index (χ2v) is 38.2. The Morgan fingerprint density at radius 1 is 0.703 bits per heavy atom. The van der Waals surface area contributed by atoms with E-state index in [4.69, 9.17) is 58.4 Å². The minimum absolute atomic E-state index is 0.0182. The Bertz CT molecular complexity index is 3730. The van der Waals surface area contributed by atoms with Gasteiger partial charge in [-0.3, -0.25) is 33.6 Å². The molecule has 0 aromatic heterocycles. The highest BCUT2D eigenvalue weighted by atomic mass is 35.5. The third-order valence-corrected chi connectivity index (χ3v) is 28.4. The van der Waals surface area contributed by atoms with Crippen molar-refractivity contribution in [3.63, 3.8) is 0 Å². The maximum absolute atomic E-state index is 16.5. The third-order valence-electron chi connectivity index (χ3n) is 26.0. The number of nitrogens with one attached hydrogen (secondary N) is 9. The molecule has 11 aliphatic rings. The first-order valence-corrected chi connectivity index (χ1v) is 44.7. The largest absolute Gasteiger partial charge is 0.485 e. The zero-order valence-corrected chi connectivity index (χ0v) is 70.3. The van der Waals surface area contributed by atoms with E-state index < -0.39 is 268 Å². The van der Waals surface area contributed by atoms with Gasteiger partial charge in [0.25, 0.3) is 0 Å². The standard InChI is InChI=1S/C79H127Cl2N11O25S/c1-7-8-9-10-11-12-13-22-118(111,112)86-21-20-85-33-44-50(95)30-43-58(67(44)100)42-24-37(14-17-49(42)94)59-74(105)92-63(77(108)90-61(43)78(109)110)65(98)39-16-19-52(46(81)26-39)115-54-28-40-27-53(69(54)116-55-29-41(34-93)66(99)68(101)70(55)117-57-32-79(5,83)71(102)36(4)113-57)114-51-18-15-38(25-45(51)80)64(97)62(91-72(103)47(84-6)23-35(2)3)76(107)87-48(31-56(82)96)73(104)88-60(40)75(106)89-59/h27-28,35-39,41-52,55,57-68,70-71,84-86,93-95,97-102H,7-26,29-34,83H2,1-6H3,(H2,82,96)(H,87,107)(H,88,104)(H,89,106)(H,90,108)(H,91,103)(H,92,105)(H,109,110)/t36-,37-,38-,39-,41+,42?,43?,44?,45+,46?,47+,48-,49+,50?,51+,52+,55+,57-,58?,59+,60+,61-,62+,63-,64+,65+,66+,67-,68-,70-,71+,79-/m0/s1. The van der Waals surface area contributed by atoms with E-state index in [9.17, 15) is 73.9 Å². The highest BCUT2D eigenvalue weighted by Gasteiger charge is 2.57. The second-order valence-electron chi connectivity index (χ2n) is 35.1. The zero-order valence-electron chi connectivity index (χ0n) is 67.9. The van der Waals surface area contributed by atoms with Gasteiger partial charge in [0, 0.05) is 50.0 Å². The molecule has 36 nitrogen and oxygen atoms in total. The van der Waals surface area contributed by atoms with Crippen molar-refractivity contribution in [3.05, 3.63) is 17.7 Å². The molecule has 23 N–H and O–H groups in total. The predicted octanol–water partition coefficient (Wildman–Crippen LogP) is -1.97. The molecule has 6 unspecified atom stereocenters. The van der Waals surface area contributed by atoms with E-state index in [1.54, 1.807) is 13.8 Å². The van der Waals surface area contributed by atoms with Crippen molar-refractivity contribution in [3.8, 4) is 17.2 Å². The number of amides is 7. The van der Waals surface area contributed by atoms with Gasteiger partial charge in [0.15, 0.2) is 17.8 Å². The molecule has 0 spiro atoms. The number of aliphatic hydroxyl groups excluding tert-OH is 9. The molecule has 1 aromatic rings. The van der Waals surface area contributed by atoms with Crippen LogP contribution in [0.2, 0.25) is 0 Å². The number of alkyl halides is 2. The van der Waals surface area contributed by atoms with Crippen LogP contribution >= 0.6 is 23.2 Å². The van der Waals surface area contributed by atoms with Crippen LogP contribution in [0, 0.1) is 53.3 Å². The number of carboxylic acid groups (broad SMARTS) is 1. The Morgan fingerprint density at radius 3 is 1.92 bits per heavy atom. The molecule has 39 heteroatoms. The summed E-state index contributed by atoms with van der Waals surface area (Å²) < 4.78 is 62.5. The monoisotopic (exact) mass is 1730 g/mol. The van der Waals surface area contributed by atoms with Crippen molar-refractivity contribution in [2.45, 2.75) is 314 Å². The van der Waals surface area contributed by atoms with Crippen LogP contribution in [0.1, 0.15) is 181 Å². The number of aliphatic hydroxyl groups is 9. The predicted molar refractivity (Wildman–Crippen MR) is 426 cm³/mol. The number of hydrogen-bond acceptors (Lipinski definition) is 27. The number of unbranched alkanes of at least 4 members (excludes halogenated alkanes) is 6. The number of aliphatic carboxylic acids is 1. The molecule has 32 atom stereocenters. The number of primary amides is 1. The van der Waals surface area contributed by atoms with E-state index >= 15 is 24.0 Å². The van der Waals surface area contributed by atoms with Gasteiger partial charge in [-0.2, -0.15) is 0 Å². The van der Waals surface area contributed by atoms with Gasteiger partial charge in [0.2, 0.25) is 57.1 Å². The lowest BCUT2D eigenvalue weighted by atomic mass is 9.58. The minimum Gasteiger partial charge on any atom is -0.485 e. The number of carboxylic acids is 1. The molecular formula is C79H127Cl2N11O25S. The number of nitrogens with two attached hydrogens (primary N) is 2. The number of rotatable bonds is 27. The number of carbonyl (C=O) groups is 8. The van der Waals surface area contributed by atoms with Crippen LogP contribution in [0.15, 0.2) is 12.1 Å². The van der Waals surface area contributed by atoms with Gasteiger partial charge in [-0.15, -0.1) is 23.2 Å². The molecule has 1 aromatic carbocycles. The van der Waals surface area contributed by atoms with Crippen molar-refractivity contribution in [2.75, 3.05) is 39.0 Å². The Morgan fingerprint density at radius 2 is 1.32 bits per heavy atom. The van der Waals surface area contributed by atoms with Crippen molar-refractivity contribution in [1.82, 2.24) is 47.3 Å². The fourth-order valence-corrected chi connectivity index (χ4v) is 21.3. The second kappa shape index (κ2) is 41.7. The average molecular weight is 1730 g/mol. The van der Waals surface area contributed by atoms with Gasteiger partial charge in [-0.25, -0.2) is 17.9 Å². The molecule has 7 amide bonds. The van der Waals surface area contributed by atoms with Gasteiger partial charge >= 0.3 is 5.97 Å². The average Bonchev–Trinajstić information content (AvgIpc) is 0.758. The van der Waals surface area contributed by atoms with Gasteiger partial charge in [-0.1, -0.05) is 59.3 Å². The van der Waals surface area contributed by atoms with Crippen LogP contribution < -0.4 is 72.9 Å². The molecule has 0 radical (unpaired) electrons. The number of carbonyl (C=O) groups excluding carboxylic acids is 7. The normalized spacial score (nSPS) is 39.1. The lowest BCUT2D eigenvalue weighted by Crippen LogP contribution is -2.66. The molecule has 5 saturated carbocycles. The third kappa shape index (κ3) is 23.0. The van der Waals surface area contributed by atoms with E-state index in [0.29, 0.717) is 6.42 Å². The summed E-state index contributed by atoms with van der Waals surface area (Å²) in [7, 11) is -2.17. The highest BCUT2D eigenvalue weighted by molar-refractivity contribution is 7.89. The fourth-order valence-electron chi connectivity index (χ4n) is 19.3. The topological polar surface area (TPSA) is 579 Å². The summed E-state index contributed by atoms with van der Waals surface area (Å²) in [5.41, 5.74) is 10.9. The molecule has 7 fully saturated rings. The minimum atomic E-state index is -3.69. The van der Waals surface area contributed by atoms with E-state index in [1.807, 2.05) is 13.8 Å². The molecule has 11 bridgehead atoms. The summed E-state index contributed by atoms with van der Waals surface area (Å²) >= 11 is 14.9. The zero-order chi connectivity index (χ0) is 86.1. The maximum atomic E-state index is 16.5. The van der Waals surface area contributed by atoms with Gasteiger partial charge in [0.05, 0.1) is 77.8 Å². The summed E-state index contributed by atoms with van der Waals surface area (Å²) in [6, 6.07) is -10.5. The van der Waals surface area contributed by atoms with Gasteiger partial charge in [-0.05, 0) is 163 Å². The van der Waals surface area contributed by atoms with Crippen molar-refractivity contribution in [1.29, 1.82) is 0 Å². The molecular weight excluding hydrogens is 1610 g/mol. The Labute approximate surface area is 698 Å². The van der Waals surface area contributed by atoms with E-state index in [1.165, 1.54) is 19.2 Å². The van der Waals surface area contributed by atoms with Crippen LogP contribution in [0.5, 0.6) is 17.2 Å². The molecule has 6 heterocycles. The van der Waals surface area contributed by atoms with Crippen LogP contribution in [-0.4, -0.2) is 284 Å². The number of likely N-dealkylation sites (N-methyl/N-ethyl adjacent to an activating group) is 1. The number of halogens is 2.